The summed E-state index contributed by atoms with van der Waals surface area (Å²) in [6, 6.07) is 28.8. The Morgan fingerprint density at radius 3 is 1.46 bits per heavy atom. The Kier molecular flexibility index (Phi) is 17.7. The fraction of sp³-hybridized carbons (Fsp3) is 0.500. The molecule has 320 valence electrons. The number of benzene rings is 3. The second kappa shape index (κ2) is 22.9. The van der Waals surface area contributed by atoms with Gasteiger partial charge in [0.25, 0.3) is 0 Å². The van der Waals surface area contributed by atoms with Crippen LogP contribution in [0.25, 0.3) is 0 Å². The first-order chi connectivity index (χ1) is 28.4. The Bertz CT molecular complexity index is 1760. The van der Waals surface area contributed by atoms with Gasteiger partial charge in [-0.05, 0) is 16.7 Å². The lowest BCUT2D eigenvalue weighted by molar-refractivity contribution is -0.328. The molecule has 0 bridgehead atoms. The molecule has 2 heterocycles. The molecule has 0 aromatic heterocycles. The molecule has 0 radical (unpaired) electrons. The quantitative estimate of drug-likeness (QED) is 0.107. The fourth-order valence-electron chi connectivity index (χ4n) is 6.81. The van der Waals surface area contributed by atoms with E-state index >= 15 is 0 Å². The smallest absolute Gasteiger partial charge is 0.303 e. The molecule has 59 heavy (non-hydrogen) atoms. The van der Waals surface area contributed by atoms with Crippen molar-refractivity contribution in [3.05, 3.63) is 108 Å². The van der Waals surface area contributed by atoms with Crippen LogP contribution in [0.2, 0.25) is 0 Å². The summed E-state index contributed by atoms with van der Waals surface area (Å²) in [6.45, 7) is 9.05. The molecule has 0 N–H and O–H groups in total. The van der Waals surface area contributed by atoms with Crippen LogP contribution in [-0.4, -0.2) is 103 Å². The van der Waals surface area contributed by atoms with E-state index in [2.05, 4.69) is 0 Å². The van der Waals surface area contributed by atoms with Gasteiger partial charge in [0.2, 0.25) is 0 Å². The van der Waals surface area contributed by atoms with Crippen LogP contribution >= 0.6 is 11.8 Å². The van der Waals surface area contributed by atoms with Gasteiger partial charge in [0.1, 0.15) is 29.9 Å². The molecule has 2 aliphatic heterocycles. The highest BCUT2D eigenvalue weighted by Gasteiger charge is 2.54. The molecule has 14 nitrogen and oxygen atoms in total. The summed E-state index contributed by atoms with van der Waals surface area (Å²) >= 11 is 1.33. The zero-order chi connectivity index (χ0) is 42.3. The molecule has 15 heteroatoms. The summed E-state index contributed by atoms with van der Waals surface area (Å²) in [5.41, 5.74) is 1.85. The largest absolute Gasteiger partial charge is 0.456 e. The van der Waals surface area contributed by atoms with E-state index in [1.54, 1.807) is 0 Å². The van der Waals surface area contributed by atoms with Crippen molar-refractivity contribution in [3.8, 4) is 0 Å². The number of carbonyl (C=O) groups excluding carboxylic acids is 4. The first-order valence-electron chi connectivity index (χ1n) is 19.6. The highest BCUT2D eigenvalue weighted by atomic mass is 32.2. The van der Waals surface area contributed by atoms with Gasteiger partial charge in [-0.3, -0.25) is 19.2 Å². The maximum absolute atomic E-state index is 12.8. The Morgan fingerprint density at radius 2 is 0.949 bits per heavy atom. The minimum Gasteiger partial charge on any atom is -0.456 e. The van der Waals surface area contributed by atoms with E-state index in [-0.39, 0.29) is 38.3 Å². The third-order valence-electron chi connectivity index (χ3n) is 9.19. The molecular weight excluding hydrogens is 785 g/mol. The van der Waals surface area contributed by atoms with E-state index in [4.69, 9.17) is 47.4 Å². The normalized spacial score (nSPS) is 26.8. The van der Waals surface area contributed by atoms with Crippen LogP contribution in [0.5, 0.6) is 0 Å². The van der Waals surface area contributed by atoms with E-state index in [0.717, 1.165) is 16.7 Å². The summed E-state index contributed by atoms with van der Waals surface area (Å²) in [5.74, 6) is -2.66. The van der Waals surface area contributed by atoms with Gasteiger partial charge in [0, 0.05) is 32.9 Å². The molecule has 0 unspecified atom stereocenters. The van der Waals surface area contributed by atoms with Crippen LogP contribution in [0.3, 0.4) is 0 Å². The summed E-state index contributed by atoms with van der Waals surface area (Å²) in [5, 5.41) is -0.0232. The topological polar surface area (TPSA) is 161 Å². The SMILES string of the molecule is CC(=O)O[C@H]1[C@@H](OC(C)=O)[C@@H](CO[C@@H]2O[C@H](COCc3ccccc3)[C@H](OCc3ccccc3)[C@H](OCc3ccccc3)[C@H]2OC(C)=O)O[C@@H](SC(C)C)[C@@H]1OC(C)=O. The van der Waals surface area contributed by atoms with Gasteiger partial charge in [0.15, 0.2) is 30.7 Å². The number of carbonyl (C=O) groups is 4. The molecule has 2 fully saturated rings. The molecule has 3 aromatic carbocycles. The van der Waals surface area contributed by atoms with Crippen molar-refractivity contribution in [2.24, 2.45) is 0 Å². The maximum Gasteiger partial charge on any atom is 0.303 e. The minimum absolute atomic E-state index is 0.0232. The first-order valence-corrected chi connectivity index (χ1v) is 20.5. The maximum atomic E-state index is 12.8. The zero-order valence-corrected chi connectivity index (χ0v) is 35.0. The summed E-state index contributed by atoms with van der Waals surface area (Å²) in [7, 11) is 0. The van der Waals surface area contributed by atoms with Gasteiger partial charge in [0.05, 0.1) is 33.0 Å². The van der Waals surface area contributed by atoms with Gasteiger partial charge in [-0.15, -0.1) is 11.8 Å². The van der Waals surface area contributed by atoms with Crippen molar-refractivity contribution < 1.29 is 66.5 Å². The van der Waals surface area contributed by atoms with Crippen molar-refractivity contribution in [2.45, 2.75) is 127 Å². The highest BCUT2D eigenvalue weighted by molar-refractivity contribution is 8.00. The second-order valence-electron chi connectivity index (χ2n) is 14.4. The van der Waals surface area contributed by atoms with Gasteiger partial charge in [-0.2, -0.15) is 0 Å². The van der Waals surface area contributed by atoms with Crippen molar-refractivity contribution >= 4 is 35.6 Å². The zero-order valence-electron chi connectivity index (χ0n) is 34.2. The van der Waals surface area contributed by atoms with Crippen LogP contribution in [0, 0.1) is 0 Å². The average Bonchev–Trinajstić information content (AvgIpc) is 3.19. The van der Waals surface area contributed by atoms with E-state index in [9.17, 15) is 19.2 Å². The predicted octanol–water partition coefficient (Wildman–Crippen LogP) is 5.71. The molecular formula is C44H54O14S. The standard InChI is InChI=1S/C44H54O14S/c1-27(2)59-44-42(56-31(6)48)40(54-29(4)46)38(53-28(3)45)36(58-44)26-52-43-41(55-30(5)47)39(51-24-34-20-14-9-15-21-34)37(50-23-33-18-12-8-13-19-33)35(57-43)25-49-22-32-16-10-7-11-17-32/h7-21,27,35-44H,22-26H2,1-6H3/t35-,36-,37+,38+,39+,40+,41-,42-,43-,44+/m1/s1. The number of thioether (sulfide) groups is 1. The van der Waals surface area contributed by atoms with E-state index in [1.165, 1.54) is 39.5 Å². The number of rotatable bonds is 19. The molecule has 2 aliphatic rings. The van der Waals surface area contributed by atoms with Gasteiger partial charge < -0.3 is 47.4 Å². The molecule has 0 amide bonds. The lowest BCUT2D eigenvalue weighted by Gasteiger charge is -2.47. The number of hydrogen-bond donors (Lipinski definition) is 0. The van der Waals surface area contributed by atoms with E-state index in [1.807, 2.05) is 105 Å². The van der Waals surface area contributed by atoms with Crippen molar-refractivity contribution in [2.75, 3.05) is 13.2 Å². The second-order valence-corrected chi connectivity index (χ2v) is 16.1. The average molecular weight is 839 g/mol. The lowest BCUT2D eigenvalue weighted by atomic mass is 9.97. The van der Waals surface area contributed by atoms with Gasteiger partial charge in [-0.25, -0.2) is 0 Å². The molecule has 5 rings (SSSR count). The summed E-state index contributed by atoms with van der Waals surface area (Å²) in [6.07, 6.45) is -9.83. The monoisotopic (exact) mass is 838 g/mol. The van der Waals surface area contributed by atoms with E-state index in [0.29, 0.717) is 0 Å². The van der Waals surface area contributed by atoms with Crippen LogP contribution in [0.15, 0.2) is 91.0 Å². The third-order valence-corrected chi connectivity index (χ3v) is 10.4. The Balaban J connectivity index is 1.49. The summed E-state index contributed by atoms with van der Waals surface area (Å²) < 4.78 is 62.0. The molecule has 0 spiro atoms. The van der Waals surface area contributed by atoms with Crippen LogP contribution in [0.1, 0.15) is 58.2 Å². The Morgan fingerprint density at radius 1 is 0.508 bits per heavy atom. The van der Waals surface area contributed by atoms with Gasteiger partial charge >= 0.3 is 23.9 Å². The van der Waals surface area contributed by atoms with Crippen molar-refractivity contribution in [1.82, 2.24) is 0 Å². The molecule has 0 saturated carbocycles. The first kappa shape index (κ1) is 45.7. The molecule has 2 saturated heterocycles. The van der Waals surface area contributed by atoms with Crippen LogP contribution < -0.4 is 0 Å². The predicted molar refractivity (Wildman–Crippen MR) is 214 cm³/mol. The summed E-state index contributed by atoms with van der Waals surface area (Å²) in [4.78, 5) is 50.1. The van der Waals surface area contributed by atoms with Crippen LogP contribution in [0.4, 0.5) is 0 Å². The number of esters is 4. The van der Waals surface area contributed by atoms with Crippen LogP contribution in [-0.2, 0) is 86.4 Å². The van der Waals surface area contributed by atoms with Gasteiger partial charge in [-0.1, -0.05) is 105 Å². The Labute approximate surface area is 349 Å². The number of hydrogen-bond acceptors (Lipinski definition) is 15. The minimum atomic E-state index is -1.29. The molecule has 10 atom stereocenters. The van der Waals surface area contributed by atoms with E-state index < -0.39 is 84.4 Å². The Hall–Kier alpha value is -4.35. The highest BCUT2D eigenvalue weighted by Crippen LogP contribution is 2.37. The number of ether oxygens (including phenoxy) is 10. The van der Waals surface area contributed by atoms with Crippen molar-refractivity contribution in [1.29, 1.82) is 0 Å². The molecule has 3 aromatic rings. The lowest BCUT2D eigenvalue weighted by Crippen LogP contribution is -2.64. The molecule has 0 aliphatic carbocycles. The third kappa shape index (κ3) is 14.1. The fourth-order valence-corrected chi connectivity index (χ4v) is 7.92. The van der Waals surface area contributed by atoms with Crippen molar-refractivity contribution in [3.63, 3.8) is 0 Å².